The molecule has 0 amide bonds. The standard InChI is InChI=1S/2C18H15N2.3C16H11N2.C14H15N2.C12H14N3.2C5H12O2.5Ir/c1-13-7-6-8-14(2)18(13)17-11-16(19-12-20-17)15-9-4-3-5-10-15;1-13-8-6-7-11-16(13)18-14(2)17(19-12-20-18)15-9-4-3-5-10-15;3*1-3-7-13(8-4-1)15-11-16(18-12-17-15)14-9-5-2-6-10-14;1-11(2)8-13-9-14(16-10-15-13)12-6-4-3-5-7-12;1-9(2)7-10-8-12(15-14-10)11-5-3-4-6-13-11;2*1-4(6)3-5(2)7;;;;;/h2*3-9,11-12H,1-2H3;3*1-9,11-12H;3-6,9-11H,8H2,1-2H3;3-6,8-9H,7H2,1-2H3;2*4-7H,3H2,1-2H3;;;;;/q7*-1;;;;;;;. The zero-order valence-electron chi connectivity index (χ0n) is 82.3. The summed E-state index contributed by atoms with van der Waals surface area (Å²) in [6, 6.07) is 129. The SMILES string of the molecule is CC(C)Cc1cc(-c2[c-]cccc2)ncn1.CC(C)Cc1cc(-c2ccccn2)[n-]n1.CC(O)CC(C)O.CC(O)CC(C)O.Cc1cccc(C)c1-c1cc(-c2[c-]cccc2)ncn1.Cc1ccccc1-c1ncnc(-c2[c-]cccc2)c1C.[Ir].[Ir].[Ir].[Ir].[Ir].[c-]1ccccc1-c1cc(-c2ccccc2)ncn1.[c-]1ccccc1-c1cc(-c2ccccc2)ncn1.[c-]1ccccc1-c1cc(-c2ccccc2)ncn1. The van der Waals surface area contributed by atoms with E-state index in [0.29, 0.717) is 24.7 Å². The van der Waals surface area contributed by atoms with E-state index in [1.54, 1.807) is 71.9 Å². The summed E-state index contributed by atoms with van der Waals surface area (Å²) in [4.78, 5) is 56.3. The number of aryl methyl sites for hydroxylation is 3. The van der Waals surface area contributed by atoms with Gasteiger partial charge in [-0.25, -0.2) is 29.9 Å². The van der Waals surface area contributed by atoms with Gasteiger partial charge >= 0.3 is 0 Å². The summed E-state index contributed by atoms with van der Waals surface area (Å²) in [5, 5.41) is 42.5. The van der Waals surface area contributed by atoms with Crippen molar-refractivity contribution in [2.45, 2.75) is 133 Å². The number of aliphatic hydroxyl groups is 4. The fraction of sp³-hybridized carbons (Fsp3) is 0.183. The molecule has 24 heteroatoms. The summed E-state index contributed by atoms with van der Waals surface area (Å²) in [6.07, 6.45) is 12.8. The van der Waals surface area contributed by atoms with Crippen molar-refractivity contribution in [2.24, 2.45) is 11.8 Å². The first-order valence-electron chi connectivity index (χ1n) is 46.2. The molecule has 8 heterocycles. The quantitative estimate of drug-likeness (QED) is 0.0516. The van der Waals surface area contributed by atoms with E-state index >= 15 is 0 Å². The topological polar surface area (TPSA) is 275 Å². The van der Waals surface area contributed by atoms with Gasteiger partial charge in [0.05, 0.1) is 52.9 Å². The van der Waals surface area contributed by atoms with Gasteiger partial charge in [0, 0.05) is 135 Å². The maximum absolute atomic E-state index is 8.56. The first-order chi connectivity index (χ1) is 67.6. The minimum absolute atomic E-state index is 0. The zero-order valence-corrected chi connectivity index (χ0v) is 94.2. The van der Waals surface area contributed by atoms with Crippen LogP contribution >= 0.6 is 0 Å². The molecule has 5 radical (unpaired) electrons. The predicted molar refractivity (Wildman–Crippen MR) is 558 cm³/mol. The molecule has 4 N–H and O–H groups in total. The summed E-state index contributed by atoms with van der Waals surface area (Å²) in [7, 11) is 0. The van der Waals surface area contributed by atoms with E-state index in [1.165, 1.54) is 22.3 Å². The Labute approximate surface area is 915 Å². The van der Waals surface area contributed by atoms with E-state index in [2.05, 4.69) is 197 Å². The average Bonchev–Trinajstić information content (AvgIpc) is 0.842. The Morgan fingerprint density at radius 2 is 0.562 bits per heavy atom. The van der Waals surface area contributed by atoms with Crippen molar-refractivity contribution in [3.63, 3.8) is 0 Å². The van der Waals surface area contributed by atoms with Crippen LogP contribution in [-0.4, -0.2) is 115 Å². The fourth-order valence-corrected chi connectivity index (χ4v) is 14.4. The second-order valence-electron chi connectivity index (χ2n) is 33.6. The third kappa shape index (κ3) is 40.5. The van der Waals surface area contributed by atoms with E-state index in [9.17, 15) is 0 Å². The van der Waals surface area contributed by atoms with Crippen LogP contribution < -0.4 is 5.10 Å². The number of aromatic nitrogens is 15. The van der Waals surface area contributed by atoms with Crippen LogP contribution in [0.25, 0.3) is 135 Å². The predicted octanol–water partition coefficient (Wildman–Crippen LogP) is 25.0. The van der Waals surface area contributed by atoms with Crippen molar-refractivity contribution < 1.29 is 121 Å². The normalized spacial score (nSPS) is 10.9. The van der Waals surface area contributed by atoms with Crippen molar-refractivity contribution in [3.8, 4) is 135 Å². The minimum Gasteiger partial charge on any atom is -0.573 e. The van der Waals surface area contributed by atoms with E-state index in [0.717, 1.165) is 159 Å². The van der Waals surface area contributed by atoms with Gasteiger partial charge in [0.15, 0.2) is 0 Å². The van der Waals surface area contributed by atoms with Crippen LogP contribution in [0.4, 0.5) is 0 Å². The Bertz CT molecular complexity index is 6280. The third-order valence-electron chi connectivity index (χ3n) is 20.8. The van der Waals surface area contributed by atoms with E-state index in [-0.39, 0.29) is 125 Å². The van der Waals surface area contributed by atoms with Crippen LogP contribution in [0.15, 0.2) is 378 Å². The molecule has 0 spiro atoms. The minimum atomic E-state index is -0.375. The number of rotatable bonds is 20. The third-order valence-corrected chi connectivity index (χ3v) is 20.8. The van der Waals surface area contributed by atoms with E-state index < -0.39 is 0 Å². The van der Waals surface area contributed by atoms with Crippen LogP contribution in [0, 0.1) is 75.9 Å². The van der Waals surface area contributed by atoms with Crippen molar-refractivity contribution in [1.82, 2.24) is 75.0 Å². The van der Waals surface area contributed by atoms with Crippen molar-refractivity contribution >= 4 is 0 Å². The maximum Gasteiger partial charge on any atom is 0.106 e. The van der Waals surface area contributed by atoms with E-state index in [4.69, 9.17) is 20.4 Å². The number of hydrogen-bond acceptors (Lipinski definition) is 18. The molecule has 19 aromatic rings. The number of pyridine rings is 1. The summed E-state index contributed by atoms with van der Waals surface area (Å²) in [5.41, 5.74) is 30.5. The van der Waals surface area contributed by atoms with Crippen LogP contribution in [0.2, 0.25) is 0 Å². The first kappa shape index (κ1) is 120. The van der Waals surface area contributed by atoms with Crippen molar-refractivity contribution in [2.75, 3.05) is 0 Å². The molecular formula is C120H116Ir5N15O4-7. The maximum atomic E-state index is 8.56. The Morgan fingerprint density at radius 3 is 0.910 bits per heavy atom. The molecule has 11 aromatic carbocycles. The molecule has 0 bridgehead atoms. The number of benzene rings is 11. The molecule has 0 aliphatic heterocycles. The summed E-state index contributed by atoms with van der Waals surface area (Å²) in [6.45, 7) is 23.8. The van der Waals surface area contributed by atoms with Crippen LogP contribution in [0.3, 0.4) is 0 Å². The van der Waals surface area contributed by atoms with Gasteiger partial charge in [0.1, 0.15) is 38.0 Å². The second-order valence-corrected chi connectivity index (χ2v) is 33.6. The van der Waals surface area contributed by atoms with Gasteiger partial charge in [-0.05, 0) is 178 Å². The summed E-state index contributed by atoms with van der Waals surface area (Å²) < 4.78 is 0. The summed E-state index contributed by atoms with van der Waals surface area (Å²) >= 11 is 0. The Morgan fingerprint density at radius 1 is 0.257 bits per heavy atom. The van der Waals surface area contributed by atoms with Gasteiger partial charge in [-0.1, -0.05) is 209 Å². The molecule has 0 saturated heterocycles. The molecule has 4 unspecified atom stereocenters. The Balaban J connectivity index is 0.000000250. The monoisotopic (exact) mass is 2800 g/mol. The molecule has 4 atom stereocenters. The Hall–Kier alpha value is -12.7. The molecular weight excluding hydrogens is 2680 g/mol. The second kappa shape index (κ2) is 65.6. The number of hydrogen-bond donors (Lipinski definition) is 4. The number of nitrogens with zero attached hydrogens (tertiary/aromatic N) is 15. The number of aliphatic hydroxyl groups excluding tert-OH is 4. The Kier molecular flexibility index (Phi) is 54.7. The fourth-order valence-electron chi connectivity index (χ4n) is 14.4. The molecule has 8 aromatic heterocycles. The molecule has 0 aliphatic rings. The molecule has 0 saturated carbocycles. The molecule has 0 fully saturated rings. The molecule has 0 aliphatic carbocycles. The van der Waals surface area contributed by atoms with Gasteiger partial charge in [0.25, 0.3) is 0 Å². The van der Waals surface area contributed by atoms with Crippen molar-refractivity contribution in [3.05, 3.63) is 448 Å². The molecule has 144 heavy (non-hydrogen) atoms. The zero-order chi connectivity index (χ0) is 98.3. The van der Waals surface area contributed by atoms with Gasteiger partial charge in [0.2, 0.25) is 0 Å². The molecule has 747 valence electrons. The van der Waals surface area contributed by atoms with Gasteiger partial charge in [-0.3, -0.25) is 34.9 Å². The van der Waals surface area contributed by atoms with Gasteiger partial charge < -0.3 is 30.6 Å². The van der Waals surface area contributed by atoms with Gasteiger partial charge in [-0.2, -0.15) is 0 Å². The van der Waals surface area contributed by atoms with Crippen molar-refractivity contribution in [1.29, 1.82) is 0 Å². The summed E-state index contributed by atoms with van der Waals surface area (Å²) in [5.74, 6) is 1.22. The average molecular weight is 2790 g/mol. The van der Waals surface area contributed by atoms with Gasteiger partial charge in [-0.15, -0.1) is 215 Å². The van der Waals surface area contributed by atoms with Crippen LogP contribution in [0.1, 0.15) is 102 Å². The van der Waals surface area contributed by atoms with Crippen LogP contribution in [0.5, 0.6) is 0 Å². The largest absolute Gasteiger partial charge is 0.573 e. The first-order valence-corrected chi connectivity index (χ1v) is 46.2. The van der Waals surface area contributed by atoms with Crippen LogP contribution in [-0.2, 0) is 113 Å². The van der Waals surface area contributed by atoms with E-state index in [1.807, 2.05) is 303 Å². The molecule has 19 rings (SSSR count). The molecule has 19 nitrogen and oxygen atoms in total. The smallest absolute Gasteiger partial charge is 0.106 e.